The van der Waals surface area contributed by atoms with E-state index in [1.807, 2.05) is 0 Å². The van der Waals surface area contributed by atoms with E-state index in [1.54, 1.807) is 15.2 Å². The van der Waals surface area contributed by atoms with E-state index >= 15 is 0 Å². The molecule has 0 N–H and O–H groups in total. The van der Waals surface area contributed by atoms with Gasteiger partial charge in [-0.3, -0.25) is 4.68 Å². The lowest BCUT2D eigenvalue weighted by molar-refractivity contribution is 0.169. The zero-order valence-electron chi connectivity index (χ0n) is 12.8. The van der Waals surface area contributed by atoms with E-state index in [1.165, 1.54) is 6.20 Å². The Morgan fingerprint density at radius 1 is 1.38 bits per heavy atom. The van der Waals surface area contributed by atoms with Crippen LogP contribution in [0.1, 0.15) is 39.5 Å². The minimum absolute atomic E-state index is 0.274. The molecule has 5 nitrogen and oxygen atoms in total. The molecule has 2 heterocycles. The van der Waals surface area contributed by atoms with E-state index in [0.29, 0.717) is 25.5 Å². The Hall–Kier alpha value is -0.590. The molecule has 0 amide bonds. The first-order valence-electron chi connectivity index (χ1n) is 7.50. The molecule has 0 radical (unpaired) electrons. The normalized spacial score (nSPS) is 19.8. The van der Waals surface area contributed by atoms with Gasteiger partial charge in [-0.05, 0) is 24.7 Å². The van der Waals surface area contributed by atoms with Crippen molar-refractivity contribution in [1.82, 2.24) is 14.1 Å². The second-order valence-electron chi connectivity index (χ2n) is 6.05. The fourth-order valence-corrected chi connectivity index (χ4v) is 4.11. The summed E-state index contributed by atoms with van der Waals surface area (Å²) in [6, 6.07) is 0. The van der Waals surface area contributed by atoms with Crippen molar-refractivity contribution in [2.75, 3.05) is 19.0 Å². The molecule has 1 aromatic rings. The Balaban J connectivity index is 2.07. The van der Waals surface area contributed by atoms with Crippen LogP contribution >= 0.6 is 11.6 Å². The first-order chi connectivity index (χ1) is 9.91. The number of nitrogens with zero attached hydrogens (tertiary/aromatic N) is 3. The van der Waals surface area contributed by atoms with Gasteiger partial charge in [0.1, 0.15) is 4.90 Å². The van der Waals surface area contributed by atoms with Gasteiger partial charge in [0, 0.05) is 31.7 Å². The number of hydrogen-bond acceptors (Lipinski definition) is 3. The van der Waals surface area contributed by atoms with Gasteiger partial charge in [-0.2, -0.15) is 9.40 Å². The lowest BCUT2D eigenvalue weighted by Crippen LogP contribution is -2.41. The predicted molar refractivity (Wildman–Crippen MR) is 84.0 cm³/mol. The Kier molecular flexibility index (Phi) is 5.33. The maximum atomic E-state index is 12.6. The molecule has 1 saturated heterocycles. The maximum Gasteiger partial charge on any atom is 0.246 e. The average molecular weight is 334 g/mol. The van der Waals surface area contributed by atoms with Crippen molar-refractivity contribution < 1.29 is 8.42 Å². The molecule has 1 aliphatic rings. The molecule has 2 rings (SSSR count). The average Bonchev–Trinajstić information content (AvgIpc) is 2.95. The lowest BCUT2D eigenvalue weighted by Gasteiger charge is -2.37. The third-order valence-electron chi connectivity index (χ3n) is 4.55. The molecule has 0 bridgehead atoms. The summed E-state index contributed by atoms with van der Waals surface area (Å²) in [5, 5.41) is 4.11. The van der Waals surface area contributed by atoms with Crippen LogP contribution in [0, 0.1) is 5.41 Å². The highest BCUT2D eigenvalue weighted by molar-refractivity contribution is 7.89. The summed E-state index contributed by atoms with van der Waals surface area (Å²) in [4.78, 5) is 0.289. The Labute approximate surface area is 132 Å². The van der Waals surface area contributed by atoms with E-state index in [9.17, 15) is 8.42 Å². The molecule has 120 valence electrons. The van der Waals surface area contributed by atoms with Crippen molar-refractivity contribution in [3.8, 4) is 0 Å². The van der Waals surface area contributed by atoms with Gasteiger partial charge >= 0.3 is 0 Å². The van der Waals surface area contributed by atoms with Gasteiger partial charge in [0.05, 0.1) is 6.20 Å². The van der Waals surface area contributed by atoms with Crippen LogP contribution in [0.5, 0.6) is 0 Å². The lowest BCUT2D eigenvalue weighted by atomic mass is 9.79. The van der Waals surface area contributed by atoms with E-state index in [0.717, 1.165) is 25.7 Å². The largest absolute Gasteiger partial charge is 0.271 e. The van der Waals surface area contributed by atoms with Crippen molar-refractivity contribution >= 4 is 21.6 Å². The number of alkyl halides is 1. The van der Waals surface area contributed by atoms with Crippen LogP contribution in [0.3, 0.4) is 0 Å². The fourth-order valence-electron chi connectivity index (χ4n) is 2.59. The van der Waals surface area contributed by atoms with Crippen molar-refractivity contribution in [2.45, 2.75) is 51.0 Å². The summed E-state index contributed by atoms with van der Waals surface area (Å²) in [5.41, 5.74) is 0.274. The number of halogens is 1. The second kappa shape index (κ2) is 6.67. The van der Waals surface area contributed by atoms with Gasteiger partial charge in [-0.15, -0.1) is 11.6 Å². The number of aryl methyl sites for hydroxylation is 1. The SMILES string of the molecule is CCC1(C)CCN(S(=O)(=O)c2cnn(CCCCl)c2)CC1. The molecule has 0 unspecified atom stereocenters. The predicted octanol–water partition coefficient (Wildman–Crippen LogP) is 2.71. The zero-order chi connectivity index (χ0) is 15.5. The van der Waals surface area contributed by atoms with Crippen molar-refractivity contribution in [3.05, 3.63) is 12.4 Å². The third-order valence-corrected chi connectivity index (χ3v) is 6.67. The summed E-state index contributed by atoms with van der Waals surface area (Å²) in [6.07, 6.45) is 6.76. The molecule has 7 heteroatoms. The van der Waals surface area contributed by atoms with Crippen LogP contribution in [0.4, 0.5) is 0 Å². The van der Waals surface area contributed by atoms with Crippen LogP contribution in [0.25, 0.3) is 0 Å². The summed E-state index contributed by atoms with van der Waals surface area (Å²) in [5.74, 6) is 0.545. The number of aromatic nitrogens is 2. The van der Waals surface area contributed by atoms with Crippen molar-refractivity contribution in [1.29, 1.82) is 0 Å². The molecule has 1 fully saturated rings. The molecule has 1 aromatic heterocycles. The first-order valence-corrected chi connectivity index (χ1v) is 9.47. The molecule has 1 aliphatic heterocycles. The highest BCUT2D eigenvalue weighted by Gasteiger charge is 2.34. The quantitative estimate of drug-likeness (QED) is 0.752. The first kappa shape index (κ1) is 16.8. The van der Waals surface area contributed by atoms with E-state index in [-0.39, 0.29) is 10.3 Å². The van der Waals surface area contributed by atoms with Gasteiger partial charge in [-0.25, -0.2) is 8.42 Å². The summed E-state index contributed by atoms with van der Waals surface area (Å²) in [7, 11) is -3.41. The maximum absolute atomic E-state index is 12.6. The van der Waals surface area contributed by atoms with Gasteiger partial charge in [0.15, 0.2) is 0 Å². The molecule has 0 saturated carbocycles. The molecule has 21 heavy (non-hydrogen) atoms. The van der Waals surface area contributed by atoms with Gasteiger partial charge in [-0.1, -0.05) is 20.3 Å². The molecule has 0 aliphatic carbocycles. The third kappa shape index (κ3) is 3.79. The Morgan fingerprint density at radius 2 is 2.05 bits per heavy atom. The molecule has 0 aromatic carbocycles. The van der Waals surface area contributed by atoms with Crippen LogP contribution in [-0.4, -0.2) is 41.5 Å². The monoisotopic (exact) mass is 333 g/mol. The smallest absolute Gasteiger partial charge is 0.246 e. The van der Waals surface area contributed by atoms with E-state index < -0.39 is 10.0 Å². The minimum atomic E-state index is -3.41. The topological polar surface area (TPSA) is 55.2 Å². The highest BCUT2D eigenvalue weighted by atomic mass is 35.5. The summed E-state index contributed by atoms with van der Waals surface area (Å²) >= 11 is 5.64. The highest BCUT2D eigenvalue weighted by Crippen LogP contribution is 2.35. The minimum Gasteiger partial charge on any atom is -0.271 e. The van der Waals surface area contributed by atoms with Crippen LogP contribution in [-0.2, 0) is 16.6 Å². The standard InChI is InChI=1S/C14H24ClN3O2S/c1-3-14(2)5-9-18(10-6-14)21(19,20)13-11-16-17(12-13)8-4-7-15/h11-12H,3-10H2,1-2H3. The molecular weight excluding hydrogens is 310 g/mol. The summed E-state index contributed by atoms with van der Waals surface area (Å²) in [6.45, 7) is 6.25. The second-order valence-corrected chi connectivity index (χ2v) is 8.37. The number of piperidine rings is 1. The van der Waals surface area contributed by atoms with Crippen molar-refractivity contribution in [3.63, 3.8) is 0 Å². The number of hydrogen-bond donors (Lipinski definition) is 0. The van der Waals surface area contributed by atoms with Crippen LogP contribution in [0.2, 0.25) is 0 Å². The zero-order valence-corrected chi connectivity index (χ0v) is 14.3. The van der Waals surface area contributed by atoms with Gasteiger partial charge in [0.2, 0.25) is 10.0 Å². The van der Waals surface area contributed by atoms with Gasteiger partial charge in [0.25, 0.3) is 0 Å². The van der Waals surface area contributed by atoms with Gasteiger partial charge < -0.3 is 0 Å². The number of sulfonamides is 1. The molecule has 0 atom stereocenters. The van der Waals surface area contributed by atoms with Crippen molar-refractivity contribution in [2.24, 2.45) is 5.41 Å². The molecule has 0 spiro atoms. The molecular formula is C14H24ClN3O2S. The van der Waals surface area contributed by atoms with E-state index in [4.69, 9.17) is 11.6 Å². The van der Waals surface area contributed by atoms with Crippen LogP contribution < -0.4 is 0 Å². The summed E-state index contributed by atoms with van der Waals surface area (Å²) < 4.78 is 28.5. The van der Waals surface area contributed by atoms with Crippen LogP contribution in [0.15, 0.2) is 17.3 Å². The Bertz CT molecular complexity index is 563. The van der Waals surface area contributed by atoms with E-state index in [2.05, 4.69) is 18.9 Å². The fraction of sp³-hybridized carbons (Fsp3) is 0.786. The number of rotatable bonds is 6. The Morgan fingerprint density at radius 3 is 2.62 bits per heavy atom.